The second-order valence-electron chi connectivity index (χ2n) is 12.9. The lowest BCUT2D eigenvalue weighted by molar-refractivity contribution is 0.603. The van der Waals surface area contributed by atoms with Gasteiger partial charge in [0, 0.05) is 57.7 Å². The van der Waals surface area contributed by atoms with Crippen molar-refractivity contribution in [3.63, 3.8) is 0 Å². The zero-order chi connectivity index (χ0) is 37.4. The topological polar surface area (TPSA) is 55.1 Å². The van der Waals surface area contributed by atoms with Crippen molar-refractivity contribution in [1.29, 1.82) is 0 Å². The van der Waals surface area contributed by atoms with E-state index in [0.29, 0.717) is 11.6 Å². The van der Waals surface area contributed by atoms with Gasteiger partial charge in [-0.2, -0.15) is 0 Å². The third-order valence-corrected chi connectivity index (χ3v) is 9.48. The molecule has 0 unspecified atom stereocenters. The van der Waals surface area contributed by atoms with Crippen LogP contribution in [0.5, 0.6) is 0 Å². The summed E-state index contributed by atoms with van der Waals surface area (Å²) in [4.78, 5) is 13.2. The SMILES string of the molecule is C=N/C(=N\C=C/c1c(/C=C/C=N/C=C\C=C/C=C/C)oc2cc(-n3c4ccc(-c5ccccc5)cc4c4cc5ccccc5cc43)ccc12)c1ccccc1. The van der Waals surface area contributed by atoms with Gasteiger partial charge < -0.3 is 8.98 Å². The van der Waals surface area contributed by atoms with Crippen LogP contribution in [-0.4, -0.2) is 23.3 Å². The number of hydrogen-bond acceptors (Lipinski definition) is 3. The van der Waals surface area contributed by atoms with E-state index in [-0.39, 0.29) is 0 Å². The molecule has 0 saturated heterocycles. The van der Waals surface area contributed by atoms with E-state index in [2.05, 4.69) is 129 Å². The highest BCUT2D eigenvalue weighted by Crippen LogP contribution is 2.38. The normalized spacial score (nSPS) is 12.9. The van der Waals surface area contributed by atoms with E-state index in [4.69, 9.17) is 4.42 Å². The van der Waals surface area contributed by atoms with Gasteiger partial charge in [-0.25, -0.2) is 9.98 Å². The summed E-state index contributed by atoms with van der Waals surface area (Å²) in [6, 6.07) is 46.7. The van der Waals surface area contributed by atoms with Crippen molar-refractivity contribution >= 4 is 74.5 Å². The van der Waals surface area contributed by atoms with E-state index in [1.807, 2.05) is 85.9 Å². The number of benzene rings is 6. The maximum atomic E-state index is 6.62. The molecule has 0 saturated carbocycles. The molecule has 0 spiro atoms. The summed E-state index contributed by atoms with van der Waals surface area (Å²) in [5, 5.41) is 5.76. The predicted octanol–water partition coefficient (Wildman–Crippen LogP) is 13.2. The maximum absolute atomic E-state index is 6.62. The Balaban J connectivity index is 1.25. The fourth-order valence-electron chi connectivity index (χ4n) is 6.90. The van der Waals surface area contributed by atoms with Crippen molar-refractivity contribution < 1.29 is 4.42 Å². The first-order valence-corrected chi connectivity index (χ1v) is 18.2. The predicted molar refractivity (Wildman–Crippen MR) is 236 cm³/mol. The van der Waals surface area contributed by atoms with Crippen LogP contribution in [0.4, 0.5) is 0 Å². The van der Waals surface area contributed by atoms with Crippen LogP contribution in [0.2, 0.25) is 0 Å². The molecule has 0 amide bonds. The summed E-state index contributed by atoms with van der Waals surface area (Å²) < 4.78 is 8.96. The third-order valence-electron chi connectivity index (χ3n) is 9.48. The molecule has 2 aromatic heterocycles. The van der Waals surface area contributed by atoms with Gasteiger partial charge in [-0.3, -0.25) is 4.99 Å². The minimum atomic E-state index is 0.542. The Hall–Kier alpha value is -7.37. The summed E-state index contributed by atoms with van der Waals surface area (Å²) in [5.74, 6) is 1.23. The number of fused-ring (bicyclic) bond motifs is 5. The van der Waals surface area contributed by atoms with E-state index in [9.17, 15) is 0 Å². The molecular weight excluding hydrogens is 673 g/mol. The zero-order valence-electron chi connectivity index (χ0n) is 30.5. The Morgan fingerprint density at radius 2 is 1.36 bits per heavy atom. The minimum absolute atomic E-state index is 0.542. The smallest absolute Gasteiger partial charge is 0.158 e. The van der Waals surface area contributed by atoms with Gasteiger partial charge in [0.15, 0.2) is 5.84 Å². The molecule has 0 N–H and O–H groups in total. The summed E-state index contributed by atoms with van der Waals surface area (Å²) in [7, 11) is 0. The second-order valence-corrected chi connectivity index (χ2v) is 12.9. The van der Waals surface area contributed by atoms with Gasteiger partial charge in [-0.1, -0.05) is 115 Å². The van der Waals surface area contributed by atoms with E-state index in [1.165, 1.54) is 32.7 Å². The average molecular weight is 711 g/mol. The van der Waals surface area contributed by atoms with Crippen LogP contribution in [0, 0.1) is 0 Å². The van der Waals surface area contributed by atoms with E-state index in [1.54, 1.807) is 18.6 Å². The molecule has 0 fully saturated rings. The molecule has 5 nitrogen and oxygen atoms in total. The van der Waals surface area contributed by atoms with Crippen molar-refractivity contribution in [2.75, 3.05) is 0 Å². The number of amidine groups is 1. The monoisotopic (exact) mass is 710 g/mol. The number of allylic oxidation sites excluding steroid dienone is 6. The Labute approximate surface area is 320 Å². The van der Waals surface area contributed by atoms with Crippen LogP contribution in [0.1, 0.15) is 23.8 Å². The Kier molecular flexibility index (Phi) is 10.2. The number of hydrogen-bond donors (Lipinski definition) is 0. The summed E-state index contributed by atoms with van der Waals surface area (Å²) in [6.07, 6.45) is 20.7. The number of furan rings is 1. The molecule has 0 atom stereocenters. The molecule has 2 heterocycles. The minimum Gasteiger partial charge on any atom is -0.456 e. The van der Waals surface area contributed by atoms with Crippen LogP contribution < -0.4 is 0 Å². The summed E-state index contributed by atoms with van der Waals surface area (Å²) in [6.45, 7) is 5.73. The molecule has 0 aliphatic rings. The van der Waals surface area contributed by atoms with Crippen LogP contribution >= 0.6 is 0 Å². The van der Waals surface area contributed by atoms with Crippen LogP contribution in [0.3, 0.4) is 0 Å². The number of rotatable bonds is 10. The molecule has 55 heavy (non-hydrogen) atoms. The van der Waals surface area contributed by atoms with Gasteiger partial charge in [0.2, 0.25) is 0 Å². The highest BCUT2D eigenvalue weighted by molar-refractivity contribution is 6.14. The number of aliphatic imine (C=N–C) groups is 3. The standard InChI is InChI=1S/C50H38N4O/c1-3-4-5-6-15-29-52-30-16-23-48-43(28-31-53-50(51-2)37-19-11-8-12-20-37)42-26-25-41(35-49(42)55-48)54-46-27-24-40(36-17-9-7-10-18-36)33-44(46)45-32-38-21-13-14-22-39(38)34-47(45)54/h3-35H,2H2,1H3/b4-3+,6-5-,23-16+,29-15-,31-28-,52-30+,53-50-. The molecule has 0 radical (unpaired) electrons. The van der Waals surface area contributed by atoms with Crippen molar-refractivity contribution in [3.05, 3.63) is 199 Å². The van der Waals surface area contributed by atoms with Crippen molar-refractivity contribution in [2.45, 2.75) is 6.92 Å². The lowest BCUT2D eigenvalue weighted by Crippen LogP contribution is -1.94. The zero-order valence-corrected chi connectivity index (χ0v) is 30.5. The van der Waals surface area contributed by atoms with Gasteiger partial charge in [0.1, 0.15) is 11.3 Å². The van der Waals surface area contributed by atoms with E-state index < -0.39 is 0 Å². The fourth-order valence-corrected chi connectivity index (χ4v) is 6.90. The van der Waals surface area contributed by atoms with Crippen molar-refractivity contribution in [2.24, 2.45) is 15.0 Å². The lowest BCUT2D eigenvalue weighted by Gasteiger charge is -2.09. The number of nitrogens with zero attached hydrogens (tertiary/aromatic N) is 4. The van der Waals surface area contributed by atoms with Gasteiger partial charge >= 0.3 is 0 Å². The first-order valence-electron chi connectivity index (χ1n) is 18.2. The molecule has 5 heteroatoms. The molecule has 0 bridgehead atoms. The molecule has 264 valence electrons. The average Bonchev–Trinajstić information content (AvgIpc) is 3.74. The van der Waals surface area contributed by atoms with E-state index >= 15 is 0 Å². The lowest BCUT2D eigenvalue weighted by atomic mass is 10.0. The Bertz CT molecular complexity index is 2880. The van der Waals surface area contributed by atoms with E-state index in [0.717, 1.165) is 38.8 Å². The molecule has 0 aliphatic carbocycles. The molecule has 6 aromatic carbocycles. The van der Waals surface area contributed by atoms with Crippen molar-refractivity contribution in [3.8, 4) is 16.8 Å². The first-order chi connectivity index (χ1) is 27.2. The van der Waals surface area contributed by atoms with Gasteiger partial charge in [-0.15, -0.1) is 0 Å². The highest BCUT2D eigenvalue weighted by Gasteiger charge is 2.17. The van der Waals surface area contributed by atoms with Crippen molar-refractivity contribution in [1.82, 2.24) is 4.57 Å². The van der Waals surface area contributed by atoms with Gasteiger partial charge in [0.05, 0.1) is 11.0 Å². The van der Waals surface area contributed by atoms with Crippen LogP contribution in [-0.2, 0) is 0 Å². The third kappa shape index (κ3) is 7.32. The van der Waals surface area contributed by atoms with Gasteiger partial charge in [-0.05, 0) is 96.2 Å². The first kappa shape index (κ1) is 34.7. The van der Waals surface area contributed by atoms with Crippen LogP contribution in [0.25, 0.3) is 72.5 Å². The fraction of sp³-hybridized carbons (Fsp3) is 0.0200. The Morgan fingerprint density at radius 1 is 0.618 bits per heavy atom. The maximum Gasteiger partial charge on any atom is 0.158 e. The largest absolute Gasteiger partial charge is 0.456 e. The molecule has 0 aliphatic heterocycles. The Morgan fingerprint density at radius 3 is 2.16 bits per heavy atom. The molecular formula is C50H38N4O. The summed E-state index contributed by atoms with van der Waals surface area (Å²) >= 11 is 0. The second kappa shape index (κ2) is 16.1. The number of aromatic nitrogens is 1. The quantitative estimate of drug-likeness (QED) is 0.0792. The molecule has 8 aromatic rings. The highest BCUT2D eigenvalue weighted by atomic mass is 16.3. The summed E-state index contributed by atoms with van der Waals surface area (Å²) in [5.41, 5.74) is 8.19. The molecule has 8 rings (SSSR count). The van der Waals surface area contributed by atoms with Gasteiger partial charge in [0.25, 0.3) is 0 Å². The van der Waals surface area contributed by atoms with Crippen LogP contribution in [0.15, 0.2) is 202 Å².